The maximum atomic E-state index is 5.83. The minimum absolute atomic E-state index is 0. The van der Waals surface area contributed by atoms with Gasteiger partial charge in [0.15, 0.2) is 4.67 Å². The predicted molar refractivity (Wildman–Crippen MR) is 60.0 cm³/mol. The second-order valence-corrected chi connectivity index (χ2v) is 3.40. The number of furan rings is 1. The lowest BCUT2D eigenvalue weighted by atomic mass is 10.1. The largest absolute Gasteiger partial charge is 0.453 e. The van der Waals surface area contributed by atoms with Crippen molar-refractivity contribution in [3.05, 3.63) is 35.2 Å². The van der Waals surface area contributed by atoms with Gasteiger partial charge in [-0.1, -0.05) is 6.08 Å². The van der Waals surface area contributed by atoms with E-state index in [9.17, 15) is 0 Å². The zero-order valence-corrected chi connectivity index (χ0v) is 9.61. The number of allylic oxidation sites excluding steroid dienone is 1. The summed E-state index contributed by atoms with van der Waals surface area (Å²) >= 11 is 3.23. The van der Waals surface area contributed by atoms with Crippen LogP contribution in [0.3, 0.4) is 0 Å². The van der Waals surface area contributed by atoms with Gasteiger partial charge < -0.3 is 10.2 Å². The molecule has 0 saturated heterocycles. The molecule has 2 nitrogen and oxygen atoms in total. The highest BCUT2D eigenvalue weighted by Crippen LogP contribution is 2.21. The first kappa shape index (κ1) is 12.8. The van der Waals surface area contributed by atoms with Crippen molar-refractivity contribution >= 4 is 28.3 Å². The van der Waals surface area contributed by atoms with Gasteiger partial charge in [0.1, 0.15) is 5.76 Å². The molecule has 0 fully saturated rings. The van der Waals surface area contributed by atoms with E-state index >= 15 is 0 Å². The van der Waals surface area contributed by atoms with Crippen LogP contribution >= 0.6 is 28.3 Å². The molecule has 1 heterocycles. The molecule has 0 unspecified atom stereocenters. The van der Waals surface area contributed by atoms with Gasteiger partial charge in [-0.05, 0) is 40.9 Å². The maximum Gasteiger partial charge on any atom is 0.169 e. The summed E-state index contributed by atoms with van der Waals surface area (Å²) < 4.78 is 6.03. The molecule has 0 radical (unpaired) electrons. The Morgan fingerprint density at radius 2 is 2.31 bits per heavy atom. The van der Waals surface area contributed by atoms with Gasteiger partial charge in [-0.25, -0.2) is 0 Å². The van der Waals surface area contributed by atoms with Gasteiger partial charge in [-0.2, -0.15) is 0 Å². The van der Waals surface area contributed by atoms with Crippen molar-refractivity contribution in [1.29, 1.82) is 0 Å². The van der Waals surface area contributed by atoms with Gasteiger partial charge in [-0.15, -0.1) is 19.0 Å². The Kier molecular flexibility index (Phi) is 6.12. The highest BCUT2D eigenvalue weighted by Gasteiger charge is 2.08. The summed E-state index contributed by atoms with van der Waals surface area (Å²) in [5.41, 5.74) is 5.83. The lowest BCUT2D eigenvalue weighted by molar-refractivity contribution is 0.438. The quantitative estimate of drug-likeness (QED) is 0.848. The Bertz CT molecular complexity index is 262. The number of hydrogen-bond donors (Lipinski definition) is 1. The van der Waals surface area contributed by atoms with Gasteiger partial charge in [0, 0.05) is 0 Å². The van der Waals surface area contributed by atoms with Crippen molar-refractivity contribution < 1.29 is 4.42 Å². The number of nitrogens with two attached hydrogens (primary N) is 1. The van der Waals surface area contributed by atoms with E-state index in [4.69, 9.17) is 10.2 Å². The molecule has 0 spiro atoms. The van der Waals surface area contributed by atoms with Crippen molar-refractivity contribution in [3.63, 3.8) is 0 Å². The molecule has 13 heavy (non-hydrogen) atoms. The molecule has 1 aromatic heterocycles. The zero-order chi connectivity index (χ0) is 8.97. The third-order valence-electron chi connectivity index (χ3n) is 1.64. The second kappa shape index (κ2) is 6.24. The molecule has 0 aliphatic carbocycles. The third-order valence-corrected chi connectivity index (χ3v) is 2.07. The topological polar surface area (TPSA) is 39.2 Å². The molecular formula is C9H13BrClNO. The standard InChI is InChI=1S/C9H12BrNO.ClH/c1-2-3-4-7(11)8-5-6-9(10)12-8;/h2,5-7H,1,3-4,11H2;1H/t7-;/m0./s1. The lowest BCUT2D eigenvalue weighted by Crippen LogP contribution is -2.08. The van der Waals surface area contributed by atoms with E-state index in [1.165, 1.54) is 0 Å². The van der Waals surface area contributed by atoms with Crippen LogP contribution in [-0.2, 0) is 0 Å². The molecule has 1 aromatic rings. The van der Waals surface area contributed by atoms with Crippen molar-refractivity contribution in [3.8, 4) is 0 Å². The van der Waals surface area contributed by atoms with Crippen LogP contribution in [0.25, 0.3) is 0 Å². The number of hydrogen-bond acceptors (Lipinski definition) is 2. The summed E-state index contributed by atoms with van der Waals surface area (Å²) in [6.07, 6.45) is 3.65. The van der Waals surface area contributed by atoms with Crippen LogP contribution in [0.2, 0.25) is 0 Å². The minimum atomic E-state index is -0.0192. The molecule has 0 aromatic carbocycles. The van der Waals surface area contributed by atoms with Gasteiger partial charge in [0.05, 0.1) is 6.04 Å². The summed E-state index contributed by atoms with van der Waals surface area (Å²) in [5.74, 6) is 0.823. The van der Waals surface area contributed by atoms with Crippen LogP contribution in [0, 0.1) is 0 Å². The zero-order valence-electron chi connectivity index (χ0n) is 7.20. The van der Waals surface area contributed by atoms with E-state index in [1.54, 1.807) is 0 Å². The van der Waals surface area contributed by atoms with Crippen molar-refractivity contribution in [1.82, 2.24) is 0 Å². The van der Waals surface area contributed by atoms with E-state index in [2.05, 4.69) is 22.5 Å². The van der Waals surface area contributed by atoms with Gasteiger partial charge in [0.2, 0.25) is 0 Å². The van der Waals surface area contributed by atoms with Crippen LogP contribution in [0.5, 0.6) is 0 Å². The van der Waals surface area contributed by atoms with E-state index in [1.807, 2.05) is 18.2 Å². The summed E-state index contributed by atoms with van der Waals surface area (Å²) in [4.78, 5) is 0. The molecule has 2 N–H and O–H groups in total. The molecule has 0 bridgehead atoms. The van der Waals surface area contributed by atoms with E-state index in [-0.39, 0.29) is 18.4 Å². The van der Waals surface area contributed by atoms with Gasteiger partial charge in [0.25, 0.3) is 0 Å². The van der Waals surface area contributed by atoms with Crippen LogP contribution in [-0.4, -0.2) is 0 Å². The Morgan fingerprint density at radius 1 is 1.62 bits per heavy atom. The summed E-state index contributed by atoms with van der Waals surface area (Å²) in [6, 6.07) is 3.72. The Morgan fingerprint density at radius 3 is 2.77 bits per heavy atom. The average molecular weight is 267 g/mol. The first-order valence-electron chi connectivity index (χ1n) is 3.85. The lowest BCUT2D eigenvalue weighted by Gasteiger charge is -2.05. The number of halogens is 2. The van der Waals surface area contributed by atoms with Crippen LogP contribution in [0.15, 0.2) is 33.9 Å². The molecule has 1 atom stereocenters. The Hall–Kier alpha value is -0.250. The monoisotopic (exact) mass is 265 g/mol. The maximum absolute atomic E-state index is 5.83. The van der Waals surface area contributed by atoms with E-state index in [0.29, 0.717) is 0 Å². The predicted octanol–water partition coefficient (Wildman–Crippen LogP) is 3.43. The summed E-state index contributed by atoms with van der Waals surface area (Å²) in [7, 11) is 0. The Labute approximate surface area is 92.7 Å². The minimum Gasteiger partial charge on any atom is -0.453 e. The average Bonchev–Trinajstić information content (AvgIpc) is 2.47. The van der Waals surface area contributed by atoms with Crippen LogP contribution in [0.1, 0.15) is 24.6 Å². The molecule has 0 amide bonds. The number of rotatable bonds is 4. The fraction of sp³-hybridized carbons (Fsp3) is 0.333. The van der Waals surface area contributed by atoms with Gasteiger partial charge >= 0.3 is 0 Å². The summed E-state index contributed by atoms with van der Waals surface area (Å²) in [5, 5.41) is 0. The molecule has 74 valence electrons. The first-order valence-corrected chi connectivity index (χ1v) is 4.65. The van der Waals surface area contributed by atoms with Gasteiger partial charge in [-0.3, -0.25) is 0 Å². The highest BCUT2D eigenvalue weighted by molar-refractivity contribution is 9.10. The molecule has 0 aliphatic rings. The normalized spacial score (nSPS) is 11.8. The van der Waals surface area contributed by atoms with E-state index < -0.39 is 0 Å². The van der Waals surface area contributed by atoms with Crippen molar-refractivity contribution in [2.75, 3.05) is 0 Å². The Balaban J connectivity index is 0.00000144. The highest BCUT2D eigenvalue weighted by atomic mass is 79.9. The van der Waals surface area contributed by atoms with Crippen LogP contribution in [0.4, 0.5) is 0 Å². The fourth-order valence-electron chi connectivity index (χ4n) is 0.967. The first-order chi connectivity index (χ1) is 5.74. The van der Waals surface area contributed by atoms with Crippen LogP contribution < -0.4 is 5.73 Å². The molecular weight excluding hydrogens is 253 g/mol. The SMILES string of the molecule is C=CCC[C@H](N)c1ccc(Br)o1.Cl. The molecule has 0 saturated carbocycles. The van der Waals surface area contributed by atoms with E-state index in [0.717, 1.165) is 23.3 Å². The fourth-order valence-corrected chi connectivity index (χ4v) is 1.29. The molecule has 1 rings (SSSR count). The van der Waals surface area contributed by atoms with Crippen molar-refractivity contribution in [2.24, 2.45) is 5.73 Å². The second-order valence-electron chi connectivity index (χ2n) is 2.61. The summed E-state index contributed by atoms with van der Waals surface area (Å²) in [6.45, 7) is 3.64. The molecule has 0 aliphatic heterocycles. The molecule has 4 heteroatoms. The van der Waals surface area contributed by atoms with Crippen molar-refractivity contribution in [2.45, 2.75) is 18.9 Å². The third kappa shape index (κ3) is 3.98. The smallest absolute Gasteiger partial charge is 0.169 e.